The van der Waals surface area contributed by atoms with E-state index in [1.807, 2.05) is 56.3 Å². The summed E-state index contributed by atoms with van der Waals surface area (Å²) in [6.45, 7) is 5.65. The summed E-state index contributed by atoms with van der Waals surface area (Å²) in [6, 6.07) is 13.5. The van der Waals surface area contributed by atoms with Gasteiger partial charge in [-0.05, 0) is 32.2 Å². The fourth-order valence-electron chi connectivity index (χ4n) is 3.40. The Morgan fingerprint density at radius 3 is 2.41 bits per heavy atom. The maximum atomic E-state index is 12.9. The predicted molar refractivity (Wildman–Crippen MR) is 88.9 cm³/mol. The van der Waals surface area contributed by atoms with Crippen LogP contribution >= 0.6 is 0 Å². The van der Waals surface area contributed by atoms with E-state index >= 15 is 0 Å². The Bertz CT molecular complexity index is 731. The molecule has 0 radical (unpaired) electrons. The van der Waals surface area contributed by atoms with Gasteiger partial charge in [0.1, 0.15) is 5.72 Å². The van der Waals surface area contributed by atoms with Crippen LogP contribution in [0.15, 0.2) is 42.5 Å². The standard InChI is InChI=1S/C18H22N2O2/c1-17(2)12-18(3,22)20(16(21)19(17)4)15-11-7-9-13-8-5-6-10-14(13)15/h5-11,22H,12H2,1-4H3/t18-/m1/s1. The van der Waals surface area contributed by atoms with Crippen LogP contribution < -0.4 is 4.90 Å². The number of aliphatic hydroxyl groups is 1. The molecule has 0 spiro atoms. The highest BCUT2D eigenvalue weighted by atomic mass is 16.3. The van der Waals surface area contributed by atoms with E-state index in [0.717, 1.165) is 16.5 Å². The zero-order valence-electron chi connectivity index (χ0n) is 13.5. The maximum absolute atomic E-state index is 12.9. The van der Waals surface area contributed by atoms with Crippen molar-refractivity contribution in [3.8, 4) is 0 Å². The average Bonchev–Trinajstić information content (AvgIpc) is 2.44. The summed E-state index contributed by atoms with van der Waals surface area (Å²) < 4.78 is 0. The van der Waals surface area contributed by atoms with Crippen LogP contribution in [0.3, 0.4) is 0 Å². The van der Waals surface area contributed by atoms with Crippen LogP contribution in [-0.2, 0) is 0 Å². The first kappa shape index (κ1) is 14.9. The first-order chi connectivity index (χ1) is 10.2. The van der Waals surface area contributed by atoms with Crippen molar-refractivity contribution in [2.45, 2.75) is 38.5 Å². The SMILES string of the molecule is CN1C(=O)N(c2cccc3ccccc23)[C@](C)(O)CC1(C)C. The molecule has 2 aromatic rings. The molecule has 4 nitrogen and oxygen atoms in total. The summed E-state index contributed by atoms with van der Waals surface area (Å²) in [7, 11) is 1.79. The van der Waals surface area contributed by atoms with Gasteiger partial charge in [-0.3, -0.25) is 4.90 Å². The lowest BCUT2D eigenvalue weighted by Gasteiger charge is -2.52. The van der Waals surface area contributed by atoms with E-state index < -0.39 is 5.72 Å². The molecule has 1 fully saturated rings. The number of carbonyl (C=O) groups excluding carboxylic acids is 1. The van der Waals surface area contributed by atoms with Gasteiger partial charge in [0.2, 0.25) is 0 Å². The molecular formula is C18H22N2O2. The van der Waals surface area contributed by atoms with Gasteiger partial charge in [-0.1, -0.05) is 36.4 Å². The second-order valence-corrected chi connectivity index (χ2v) is 6.88. The monoisotopic (exact) mass is 298 g/mol. The Kier molecular flexibility index (Phi) is 3.18. The van der Waals surface area contributed by atoms with Crippen LogP contribution in [0.25, 0.3) is 10.8 Å². The van der Waals surface area contributed by atoms with Crippen molar-refractivity contribution >= 4 is 22.5 Å². The number of benzene rings is 2. The van der Waals surface area contributed by atoms with Crippen LogP contribution in [0, 0.1) is 0 Å². The first-order valence-electron chi connectivity index (χ1n) is 7.52. The third-order valence-electron chi connectivity index (χ3n) is 4.64. The Balaban J connectivity index is 2.19. The molecular weight excluding hydrogens is 276 g/mol. The van der Waals surface area contributed by atoms with Crippen LogP contribution in [0.2, 0.25) is 0 Å². The second-order valence-electron chi connectivity index (χ2n) is 6.88. The molecule has 0 aliphatic carbocycles. The summed E-state index contributed by atoms with van der Waals surface area (Å²) in [4.78, 5) is 16.1. The molecule has 116 valence electrons. The van der Waals surface area contributed by atoms with Crippen LogP contribution in [0.4, 0.5) is 10.5 Å². The number of hydrogen-bond acceptors (Lipinski definition) is 2. The minimum atomic E-state index is -1.22. The number of carbonyl (C=O) groups is 1. The number of hydrogen-bond donors (Lipinski definition) is 1. The molecule has 1 N–H and O–H groups in total. The van der Waals surface area contributed by atoms with Gasteiger partial charge in [0.05, 0.1) is 5.69 Å². The van der Waals surface area contributed by atoms with Gasteiger partial charge in [-0.15, -0.1) is 0 Å². The lowest BCUT2D eigenvalue weighted by Crippen LogP contribution is -2.67. The van der Waals surface area contributed by atoms with Crippen molar-refractivity contribution in [3.63, 3.8) is 0 Å². The van der Waals surface area contributed by atoms with E-state index in [4.69, 9.17) is 0 Å². The summed E-state index contributed by atoms with van der Waals surface area (Å²) in [6.07, 6.45) is 0.478. The highest BCUT2D eigenvalue weighted by Crippen LogP contribution is 2.40. The molecule has 1 aliphatic heterocycles. The molecule has 1 atom stereocenters. The number of rotatable bonds is 1. The van der Waals surface area contributed by atoms with Gasteiger partial charge < -0.3 is 10.0 Å². The highest BCUT2D eigenvalue weighted by molar-refractivity contribution is 6.04. The average molecular weight is 298 g/mol. The smallest absolute Gasteiger partial charge is 0.327 e. The predicted octanol–water partition coefficient (Wildman–Crippen LogP) is 3.59. The zero-order valence-corrected chi connectivity index (χ0v) is 13.5. The molecule has 3 rings (SSSR count). The summed E-state index contributed by atoms with van der Waals surface area (Å²) >= 11 is 0. The number of nitrogens with zero attached hydrogens (tertiary/aromatic N) is 2. The first-order valence-corrected chi connectivity index (χ1v) is 7.52. The lowest BCUT2D eigenvalue weighted by atomic mass is 9.88. The van der Waals surface area contributed by atoms with Crippen LogP contribution in [0.1, 0.15) is 27.2 Å². The third kappa shape index (κ3) is 2.15. The normalized spacial score (nSPS) is 24.9. The molecule has 1 heterocycles. The van der Waals surface area contributed by atoms with Gasteiger partial charge in [0, 0.05) is 24.4 Å². The van der Waals surface area contributed by atoms with E-state index in [1.165, 1.54) is 4.90 Å². The molecule has 2 amide bonds. The van der Waals surface area contributed by atoms with E-state index in [0.29, 0.717) is 6.42 Å². The Hall–Kier alpha value is -2.07. The van der Waals surface area contributed by atoms with Gasteiger partial charge in [0.25, 0.3) is 0 Å². The Morgan fingerprint density at radius 2 is 1.68 bits per heavy atom. The Morgan fingerprint density at radius 1 is 1.05 bits per heavy atom. The van der Waals surface area contributed by atoms with Crippen molar-refractivity contribution in [3.05, 3.63) is 42.5 Å². The fourth-order valence-corrected chi connectivity index (χ4v) is 3.40. The van der Waals surface area contributed by atoms with Crippen LogP contribution in [-0.4, -0.2) is 34.3 Å². The summed E-state index contributed by atoms with van der Waals surface area (Å²) in [5.41, 5.74) is -0.866. The molecule has 4 heteroatoms. The topological polar surface area (TPSA) is 43.8 Å². The minimum Gasteiger partial charge on any atom is -0.371 e. The molecule has 0 aromatic heterocycles. The highest BCUT2D eigenvalue weighted by Gasteiger charge is 2.49. The zero-order chi connectivity index (χ0) is 16.1. The van der Waals surface area contributed by atoms with Crippen molar-refractivity contribution in [1.29, 1.82) is 0 Å². The molecule has 0 unspecified atom stereocenters. The van der Waals surface area contributed by atoms with Gasteiger partial charge >= 0.3 is 6.03 Å². The number of anilines is 1. The van der Waals surface area contributed by atoms with E-state index in [9.17, 15) is 9.90 Å². The number of urea groups is 1. The van der Waals surface area contributed by atoms with Crippen molar-refractivity contribution in [2.24, 2.45) is 0 Å². The molecule has 1 saturated heterocycles. The lowest BCUT2D eigenvalue weighted by molar-refractivity contribution is -0.0180. The summed E-state index contributed by atoms with van der Waals surface area (Å²) in [5, 5.41) is 13.0. The van der Waals surface area contributed by atoms with Crippen LogP contribution in [0.5, 0.6) is 0 Å². The molecule has 22 heavy (non-hydrogen) atoms. The second kappa shape index (κ2) is 4.71. The van der Waals surface area contributed by atoms with Crippen molar-refractivity contribution in [2.75, 3.05) is 11.9 Å². The van der Waals surface area contributed by atoms with E-state index in [2.05, 4.69) is 0 Å². The maximum Gasteiger partial charge on any atom is 0.327 e. The minimum absolute atomic E-state index is 0.183. The van der Waals surface area contributed by atoms with Gasteiger partial charge in [-0.2, -0.15) is 0 Å². The number of amides is 2. The quantitative estimate of drug-likeness (QED) is 0.874. The molecule has 0 bridgehead atoms. The van der Waals surface area contributed by atoms with E-state index in [1.54, 1.807) is 18.9 Å². The van der Waals surface area contributed by atoms with Crippen molar-refractivity contribution in [1.82, 2.24) is 4.90 Å². The number of fused-ring (bicyclic) bond motifs is 1. The third-order valence-corrected chi connectivity index (χ3v) is 4.64. The molecule has 1 aliphatic rings. The summed E-state index contributed by atoms with van der Waals surface area (Å²) in [5.74, 6) is 0. The van der Waals surface area contributed by atoms with Crippen molar-refractivity contribution < 1.29 is 9.90 Å². The molecule has 0 saturated carbocycles. The van der Waals surface area contributed by atoms with E-state index in [-0.39, 0.29) is 11.6 Å². The van der Waals surface area contributed by atoms with Gasteiger partial charge in [0.15, 0.2) is 0 Å². The van der Waals surface area contributed by atoms with Gasteiger partial charge in [-0.25, -0.2) is 4.79 Å². The largest absolute Gasteiger partial charge is 0.371 e. The molecule has 2 aromatic carbocycles. The Labute approximate surface area is 131 Å². The fraction of sp³-hybridized carbons (Fsp3) is 0.389.